The van der Waals surface area contributed by atoms with Gasteiger partial charge in [-0.2, -0.15) is 4.80 Å². The maximum atomic E-state index is 5.23. The molecule has 0 aliphatic carbocycles. The molecule has 5 aromatic heterocycles. The zero-order chi connectivity index (χ0) is 35.1. The van der Waals surface area contributed by atoms with Crippen LogP contribution in [0.5, 0.6) is 0 Å². The van der Waals surface area contributed by atoms with Crippen LogP contribution in [0.3, 0.4) is 0 Å². The second-order valence-corrected chi connectivity index (χ2v) is 12.9. The molecule has 0 atom stereocenters. The molecule has 5 aromatic carbocycles. The number of hydrogen-bond acceptors (Lipinski definition) is 6. The fourth-order valence-corrected chi connectivity index (χ4v) is 7.00. The molecule has 248 valence electrons. The van der Waals surface area contributed by atoms with Gasteiger partial charge in [0.2, 0.25) is 0 Å². The van der Waals surface area contributed by atoms with Crippen LogP contribution in [0.1, 0.15) is 0 Å². The van der Waals surface area contributed by atoms with Gasteiger partial charge in [0.25, 0.3) is 0 Å². The average Bonchev–Trinajstić information content (AvgIpc) is 3.69. The van der Waals surface area contributed by atoms with E-state index in [-0.39, 0.29) is 0 Å². The molecule has 7 heteroatoms. The van der Waals surface area contributed by atoms with Crippen molar-refractivity contribution in [1.29, 1.82) is 0 Å². The number of para-hydroxylation sites is 2. The molecule has 0 aliphatic rings. The highest BCUT2D eigenvalue weighted by atomic mass is 15.5. The molecule has 0 fully saturated rings. The molecule has 0 amide bonds. The molecule has 7 nitrogen and oxygen atoms in total. The predicted molar refractivity (Wildman–Crippen MR) is 212 cm³/mol. The largest absolute Gasteiger partial charge is 0.255 e. The molecule has 0 N–H and O–H groups in total. The lowest BCUT2D eigenvalue weighted by Crippen LogP contribution is -1.97. The molecular formula is C46H29N7. The lowest BCUT2D eigenvalue weighted by Gasteiger charge is -2.12. The SMILES string of the molecule is c1ccc(-n2nc3ccc4c(-c5cccc(-c6ccc(-c7cc(-c8ccccn8)nc(-c8ccccn8)c7)cc6)c5)nc5ccccc5c4c3n2)cc1. The van der Waals surface area contributed by atoms with Gasteiger partial charge >= 0.3 is 0 Å². The van der Waals surface area contributed by atoms with E-state index in [0.717, 1.165) is 94.7 Å². The van der Waals surface area contributed by atoms with Gasteiger partial charge in [-0.3, -0.25) is 9.97 Å². The highest BCUT2D eigenvalue weighted by molar-refractivity contribution is 6.20. The first kappa shape index (κ1) is 30.4. The summed E-state index contributed by atoms with van der Waals surface area (Å²) in [6.45, 7) is 0. The molecule has 10 aromatic rings. The summed E-state index contributed by atoms with van der Waals surface area (Å²) in [5.74, 6) is 0. The minimum Gasteiger partial charge on any atom is -0.255 e. The van der Waals surface area contributed by atoms with Crippen molar-refractivity contribution in [3.63, 3.8) is 0 Å². The predicted octanol–water partition coefficient (Wildman–Crippen LogP) is 10.6. The molecular weight excluding hydrogens is 651 g/mol. The van der Waals surface area contributed by atoms with Gasteiger partial charge in [0.1, 0.15) is 11.0 Å². The zero-order valence-corrected chi connectivity index (χ0v) is 28.4. The van der Waals surface area contributed by atoms with Crippen molar-refractivity contribution in [3.05, 3.63) is 176 Å². The first-order chi connectivity index (χ1) is 26.2. The molecule has 0 bridgehead atoms. The average molecular weight is 680 g/mol. The number of benzene rings is 5. The minimum absolute atomic E-state index is 0.801. The second kappa shape index (κ2) is 12.7. The molecule has 0 radical (unpaired) electrons. The Balaban J connectivity index is 1.06. The van der Waals surface area contributed by atoms with Gasteiger partial charge in [-0.05, 0) is 95.1 Å². The first-order valence-electron chi connectivity index (χ1n) is 17.5. The van der Waals surface area contributed by atoms with E-state index in [2.05, 4.69) is 94.9 Å². The summed E-state index contributed by atoms with van der Waals surface area (Å²) in [6.07, 6.45) is 3.58. The molecule has 0 saturated heterocycles. The summed E-state index contributed by atoms with van der Waals surface area (Å²) < 4.78 is 0. The maximum absolute atomic E-state index is 5.23. The van der Waals surface area contributed by atoms with E-state index >= 15 is 0 Å². The lowest BCUT2D eigenvalue weighted by atomic mass is 9.95. The lowest BCUT2D eigenvalue weighted by molar-refractivity contribution is 0.766. The quantitative estimate of drug-likeness (QED) is 0.163. The van der Waals surface area contributed by atoms with Crippen molar-refractivity contribution in [1.82, 2.24) is 34.9 Å². The van der Waals surface area contributed by atoms with E-state index < -0.39 is 0 Å². The van der Waals surface area contributed by atoms with Gasteiger partial charge in [-0.1, -0.05) is 91.0 Å². The van der Waals surface area contributed by atoms with Crippen LogP contribution in [0.15, 0.2) is 176 Å². The first-order valence-corrected chi connectivity index (χ1v) is 17.5. The third kappa shape index (κ3) is 5.57. The number of aromatic nitrogens is 7. The van der Waals surface area contributed by atoms with Crippen molar-refractivity contribution >= 4 is 32.7 Å². The van der Waals surface area contributed by atoms with E-state index in [0.29, 0.717) is 0 Å². The topological polar surface area (TPSA) is 82.3 Å². The van der Waals surface area contributed by atoms with Crippen LogP contribution in [-0.4, -0.2) is 34.9 Å². The molecule has 0 saturated carbocycles. The van der Waals surface area contributed by atoms with E-state index in [1.807, 2.05) is 78.9 Å². The van der Waals surface area contributed by atoms with Crippen molar-refractivity contribution in [2.75, 3.05) is 0 Å². The summed E-state index contributed by atoms with van der Waals surface area (Å²) in [6, 6.07) is 55.7. The summed E-state index contributed by atoms with van der Waals surface area (Å²) in [5.41, 5.74) is 13.0. The smallest absolute Gasteiger partial charge is 0.122 e. The van der Waals surface area contributed by atoms with Gasteiger partial charge in [0, 0.05) is 34.1 Å². The Hall–Kier alpha value is -7.38. The van der Waals surface area contributed by atoms with Crippen LogP contribution in [-0.2, 0) is 0 Å². The minimum atomic E-state index is 0.801. The van der Waals surface area contributed by atoms with Crippen LogP contribution in [0.25, 0.3) is 94.7 Å². The summed E-state index contributed by atoms with van der Waals surface area (Å²) >= 11 is 0. The molecule has 0 unspecified atom stereocenters. The summed E-state index contributed by atoms with van der Waals surface area (Å²) in [7, 11) is 0. The molecule has 5 heterocycles. The van der Waals surface area contributed by atoms with Crippen LogP contribution < -0.4 is 0 Å². The molecule has 0 aliphatic heterocycles. The highest BCUT2D eigenvalue weighted by Crippen LogP contribution is 2.38. The van der Waals surface area contributed by atoms with Crippen LogP contribution in [0.4, 0.5) is 0 Å². The third-order valence-electron chi connectivity index (χ3n) is 9.57. The monoisotopic (exact) mass is 679 g/mol. The Morgan fingerprint density at radius 1 is 0.377 bits per heavy atom. The fourth-order valence-electron chi connectivity index (χ4n) is 7.00. The van der Waals surface area contributed by atoms with E-state index in [4.69, 9.17) is 20.2 Å². The van der Waals surface area contributed by atoms with Crippen molar-refractivity contribution < 1.29 is 0 Å². The van der Waals surface area contributed by atoms with Crippen molar-refractivity contribution in [3.8, 4) is 62.0 Å². The number of fused-ring (bicyclic) bond motifs is 5. The van der Waals surface area contributed by atoms with Gasteiger partial charge in [-0.25, -0.2) is 9.97 Å². The van der Waals surface area contributed by atoms with Gasteiger partial charge in [0.05, 0.1) is 39.7 Å². The van der Waals surface area contributed by atoms with Gasteiger partial charge in [-0.15, -0.1) is 10.2 Å². The normalized spacial score (nSPS) is 11.4. The highest BCUT2D eigenvalue weighted by Gasteiger charge is 2.17. The van der Waals surface area contributed by atoms with Crippen LogP contribution >= 0.6 is 0 Å². The Kier molecular flexibility index (Phi) is 7.32. The maximum Gasteiger partial charge on any atom is 0.122 e. The number of pyridine rings is 4. The number of nitrogens with zero attached hydrogens (tertiary/aromatic N) is 7. The van der Waals surface area contributed by atoms with Gasteiger partial charge in [0.15, 0.2) is 0 Å². The second-order valence-electron chi connectivity index (χ2n) is 12.9. The van der Waals surface area contributed by atoms with Crippen LogP contribution in [0.2, 0.25) is 0 Å². The third-order valence-corrected chi connectivity index (χ3v) is 9.57. The Labute approximate surface area is 304 Å². The Morgan fingerprint density at radius 3 is 1.75 bits per heavy atom. The molecule has 0 spiro atoms. The standard InChI is InChI=1S/C46H29N7/c1-2-13-35(14-3-1)53-51-41-24-23-37-44(46(41)52-53)36-15-4-5-16-38(36)50-45(37)33-12-10-11-32(27-33)30-19-21-31(22-20-30)34-28-42(39-17-6-8-25-47-39)49-43(29-34)40-18-7-9-26-48-40/h1-29H. The van der Waals surface area contributed by atoms with E-state index in [9.17, 15) is 0 Å². The zero-order valence-electron chi connectivity index (χ0n) is 28.4. The number of rotatable bonds is 6. The molecule has 53 heavy (non-hydrogen) atoms. The Bertz CT molecular complexity index is 2870. The van der Waals surface area contributed by atoms with Crippen molar-refractivity contribution in [2.24, 2.45) is 0 Å². The summed E-state index contributed by atoms with van der Waals surface area (Å²) in [4.78, 5) is 21.0. The molecule has 10 rings (SSSR count). The van der Waals surface area contributed by atoms with E-state index in [1.165, 1.54) is 0 Å². The van der Waals surface area contributed by atoms with Gasteiger partial charge < -0.3 is 0 Å². The number of hydrogen-bond donors (Lipinski definition) is 0. The van der Waals surface area contributed by atoms with E-state index in [1.54, 1.807) is 17.2 Å². The fraction of sp³-hybridized carbons (Fsp3) is 0. The van der Waals surface area contributed by atoms with Crippen molar-refractivity contribution in [2.45, 2.75) is 0 Å². The Morgan fingerprint density at radius 2 is 1.04 bits per heavy atom. The summed E-state index contributed by atoms with van der Waals surface area (Å²) in [5, 5.41) is 13.0. The van der Waals surface area contributed by atoms with Crippen LogP contribution in [0, 0.1) is 0 Å².